The van der Waals surface area contributed by atoms with E-state index in [0.29, 0.717) is 13.0 Å². The highest BCUT2D eigenvalue weighted by Crippen LogP contribution is 2.38. The predicted molar refractivity (Wildman–Crippen MR) is 72.9 cm³/mol. The van der Waals surface area contributed by atoms with Crippen molar-refractivity contribution in [2.45, 2.75) is 32.2 Å². The molecule has 2 N–H and O–H groups in total. The van der Waals surface area contributed by atoms with E-state index in [1.165, 1.54) is 0 Å². The Morgan fingerprint density at radius 2 is 2.22 bits per heavy atom. The molecule has 0 heterocycles. The average molecular weight is 274 g/mol. The number of hydrogen-bond acceptors (Lipinski definition) is 3. The van der Waals surface area contributed by atoms with E-state index in [0.717, 1.165) is 18.6 Å². The summed E-state index contributed by atoms with van der Waals surface area (Å²) in [7, 11) is 1.73. The monoisotopic (exact) mass is 274 g/mol. The highest BCUT2D eigenvalue weighted by atomic mass is 32.2. The number of carboxylic acids is 1. The van der Waals surface area contributed by atoms with Gasteiger partial charge in [0, 0.05) is 25.4 Å². The highest BCUT2D eigenvalue weighted by molar-refractivity contribution is 7.98. The lowest BCUT2D eigenvalue weighted by Crippen LogP contribution is -2.50. The molecule has 2 amide bonds. The molecule has 6 heteroatoms. The predicted octanol–water partition coefficient (Wildman–Crippen LogP) is 1.63. The summed E-state index contributed by atoms with van der Waals surface area (Å²) in [4.78, 5) is 24.8. The van der Waals surface area contributed by atoms with Gasteiger partial charge in [-0.05, 0) is 26.0 Å². The number of carboxylic acid groups (broad SMARTS) is 1. The maximum atomic E-state index is 11.9. The zero-order chi connectivity index (χ0) is 13.8. The molecule has 0 aliphatic heterocycles. The maximum Gasteiger partial charge on any atom is 0.317 e. The smallest absolute Gasteiger partial charge is 0.317 e. The van der Waals surface area contributed by atoms with Gasteiger partial charge >= 0.3 is 12.0 Å². The lowest BCUT2D eigenvalue weighted by molar-refractivity contribution is -0.148. The first-order valence-electron chi connectivity index (χ1n) is 6.15. The molecule has 1 aliphatic carbocycles. The topological polar surface area (TPSA) is 69.6 Å². The van der Waals surface area contributed by atoms with Gasteiger partial charge in [0.2, 0.25) is 0 Å². The highest BCUT2D eigenvalue weighted by Gasteiger charge is 2.46. The zero-order valence-electron chi connectivity index (χ0n) is 11.2. The lowest BCUT2D eigenvalue weighted by Gasteiger charge is -2.29. The standard InChI is InChI=1S/C12H22N2O3S/c1-12(10(15)16)6-4-5-9(12)13-11(17)14(2)7-8-18-3/h9H,4-8H2,1-3H3,(H,13,17)(H,15,16). The van der Waals surface area contributed by atoms with E-state index in [4.69, 9.17) is 0 Å². The van der Waals surface area contributed by atoms with E-state index in [9.17, 15) is 14.7 Å². The number of rotatable bonds is 5. The van der Waals surface area contributed by atoms with E-state index in [1.54, 1.807) is 30.6 Å². The van der Waals surface area contributed by atoms with E-state index in [2.05, 4.69) is 5.32 Å². The largest absolute Gasteiger partial charge is 0.481 e. The Bertz CT molecular complexity index is 324. The van der Waals surface area contributed by atoms with Crippen LogP contribution in [0.5, 0.6) is 0 Å². The van der Waals surface area contributed by atoms with E-state index < -0.39 is 11.4 Å². The third kappa shape index (κ3) is 3.31. The normalized spacial score (nSPS) is 26.9. The molecule has 2 unspecified atom stereocenters. The number of amides is 2. The van der Waals surface area contributed by atoms with Crippen molar-refractivity contribution in [2.75, 3.05) is 25.6 Å². The minimum Gasteiger partial charge on any atom is -0.481 e. The van der Waals surface area contributed by atoms with Crippen LogP contribution in [-0.2, 0) is 4.79 Å². The van der Waals surface area contributed by atoms with Gasteiger partial charge in [0.25, 0.3) is 0 Å². The second kappa shape index (κ2) is 6.31. The minimum absolute atomic E-state index is 0.177. The molecule has 0 aromatic heterocycles. The summed E-state index contributed by atoms with van der Waals surface area (Å²) in [5.41, 5.74) is -0.823. The fourth-order valence-corrected chi connectivity index (χ4v) is 2.70. The molecule has 104 valence electrons. The quantitative estimate of drug-likeness (QED) is 0.799. The summed E-state index contributed by atoms with van der Waals surface area (Å²) >= 11 is 1.68. The van der Waals surface area contributed by atoms with Crippen LogP contribution in [0.3, 0.4) is 0 Å². The SMILES string of the molecule is CSCCN(C)C(=O)NC1CCCC1(C)C(=O)O. The molecule has 0 saturated heterocycles. The summed E-state index contributed by atoms with van der Waals surface area (Å²) in [5, 5.41) is 12.1. The first-order valence-corrected chi connectivity index (χ1v) is 7.55. The molecular weight excluding hydrogens is 252 g/mol. The molecular formula is C12H22N2O3S. The Morgan fingerprint density at radius 3 is 2.78 bits per heavy atom. The number of urea groups is 1. The van der Waals surface area contributed by atoms with Gasteiger partial charge in [0.15, 0.2) is 0 Å². The number of nitrogens with zero attached hydrogens (tertiary/aromatic N) is 1. The van der Waals surface area contributed by atoms with Gasteiger partial charge in [-0.25, -0.2) is 4.79 Å². The van der Waals surface area contributed by atoms with Crippen LogP contribution in [0.2, 0.25) is 0 Å². The van der Waals surface area contributed by atoms with Crippen molar-refractivity contribution in [3.05, 3.63) is 0 Å². The number of carbonyl (C=O) groups excluding carboxylic acids is 1. The van der Waals surface area contributed by atoms with Gasteiger partial charge in [-0.15, -0.1) is 0 Å². The second-order valence-electron chi connectivity index (χ2n) is 5.03. The lowest BCUT2D eigenvalue weighted by atomic mass is 9.85. The number of aliphatic carboxylic acids is 1. The molecule has 0 bridgehead atoms. The minimum atomic E-state index is -0.823. The zero-order valence-corrected chi connectivity index (χ0v) is 12.0. The van der Waals surface area contributed by atoms with Crippen LogP contribution in [0.1, 0.15) is 26.2 Å². The number of thioether (sulfide) groups is 1. The van der Waals surface area contributed by atoms with Crippen molar-refractivity contribution in [1.29, 1.82) is 0 Å². The van der Waals surface area contributed by atoms with Crippen molar-refractivity contribution in [3.63, 3.8) is 0 Å². The van der Waals surface area contributed by atoms with E-state index >= 15 is 0 Å². The van der Waals surface area contributed by atoms with Gasteiger partial charge in [-0.1, -0.05) is 6.42 Å². The Morgan fingerprint density at radius 1 is 1.56 bits per heavy atom. The van der Waals surface area contributed by atoms with Crippen molar-refractivity contribution >= 4 is 23.8 Å². The third-order valence-corrected chi connectivity index (χ3v) is 4.31. The summed E-state index contributed by atoms with van der Waals surface area (Å²) in [6.07, 6.45) is 4.21. The molecule has 2 atom stereocenters. The first kappa shape index (κ1) is 15.1. The second-order valence-corrected chi connectivity index (χ2v) is 6.02. The summed E-state index contributed by atoms with van der Waals surface area (Å²) in [6, 6.07) is -0.442. The molecule has 0 radical (unpaired) electrons. The van der Waals surface area contributed by atoms with Gasteiger partial charge in [-0.2, -0.15) is 11.8 Å². The first-order chi connectivity index (χ1) is 8.41. The molecule has 1 rings (SSSR count). The molecule has 0 aromatic carbocycles. The van der Waals surface area contributed by atoms with E-state index in [-0.39, 0.29) is 12.1 Å². The molecule has 0 spiro atoms. The van der Waals surface area contributed by atoms with Gasteiger partial charge in [0.05, 0.1) is 5.41 Å². The Balaban J connectivity index is 2.56. The van der Waals surface area contributed by atoms with Crippen LogP contribution in [0.15, 0.2) is 0 Å². The van der Waals surface area contributed by atoms with Crippen LogP contribution in [0.4, 0.5) is 4.79 Å². The Hall–Kier alpha value is -0.910. The van der Waals surface area contributed by atoms with Gasteiger partial charge in [-0.3, -0.25) is 4.79 Å². The fourth-order valence-electron chi connectivity index (χ4n) is 2.24. The molecule has 1 aliphatic rings. The molecule has 1 fully saturated rings. The number of carbonyl (C=O) groups is 2. The van der Waals surface area contributed by atoms with Gasteiger partial charge in [0.1, 0.15) is 0 Å². The van der Waals surface area contributed by atoms with Crippen molar-refractivity contribution in [2.24, 2.45) is 5.41 Å². The molecule has 5 nitrogen and oxygen atoms in total. The van der Waals surface area contributed by atoms with Gasteiger partial charge < -0.3 is 15.3 Å². The molecule has 1 saturated carbocycles. The van der Waals surface area contributed by atoms with Crippen molar-refractivity contribution in [3.8, 4) is 0 Å². The number of nitrogens with one attached hydrogen (secondary N) is 1. The maximum absolute atomic E-state index is 11.9. The summed E-state index contributed by atoms with van der Waals surface area (Å²) in [5.74, 6) is 0.0576. The average Bonchev–Trinajstić information content (AvgIpc) is 2.69. The van der Waals surface area contributed by atoms with E-state index in [1.807, 2.05) is 6.26 Å². The van der Waals surface area contributed by atoms with Crippen LogP contribution in [-0.4, -0.2) is 53.6 Å². The summed E-state index contributed by atoms with van der Waals surface area (Å²) < 4.78 is 0. The number of hydrogen-bond donors (Lipinski definition) is 2. The van der Waals surface area contributed by atoms with Crippen LogP contribution in [0.25, 0.3) is 0 Å². The Kier molecular flexibility index (Phi) is 5.31. The third-order valence-electron chi connectivity index (χ3n) is 3.72. The van der Waals surface area contributed by atoms with Crippen LogP contribution in [0, 0.1) is 5.41 Å². The van der Waals surface area contributed by atoms with Crippen LogP contribution < -0.4 is 5.32 Å². The molecule has 18 heavy (non-hydrogen) atoms. The fraction of sp³-hybridized carbons (Fsp3) is 0.833. The van der Waals surface area contributed by atoms with Crippen molar-refractivity contribution in [1.82, 2.24) is 10.2 Å². The molecule has 0 aromatic rings. The summed E-state index contributed by atoms with van der Waals surface area (Å²) in [6.45, 7) is 2.39. The van der Waals surface area contributed by atoms with Crippen LogP contribution >= 0.6 is 11.8 Å². The van der Waals surface area contributed by atoms with Crippen molar-refractivity contribution < 1.29 is 14.7 Å². The Labute approximate surface area is 112 Å².